The van der Waals surface area contributed by atoms with Gasteiger partial charge in [-0.3, -0.25) is 9.59 Å². The molecule has 0 bridgehead atoms. The standard InChI is InChI=1S/C24H22N2O3/c1-25-24(28)20-13-10-18(11-14-20)12-15-23(27)26-17-19-6-5-9-22(16-19)29-21-7-3-2-4-8-21/h2-16H,17H2,1H3,(H,25,28)(H,26,27)/b15-12+. The summed E-state index contributed by atoms with van der Waals surface area (Å²) in [7, 11) is 1.59. The van der Waals surface area contributed by atoms with Crippen molar-refractivity contribution >= 4 is 17.9 Å². The van der Waals surface area contributed by atoms with E-state index >= 15 is 0 Å². The van der Waals surface area contributed by atoms with Crippen LogP contribution in [-0.2, 0) is 11.3 Å². The number of hydrogen-bond donors (Lipinski definition) is 2. The Morgan fingerprint density at radius 2 is 1.62 bits per heavy atom. The molecule has 0 unspecified atom stereocenters. The first kappa shape index (κ1) is 19.9. The second-order valence-corrected chi connectivity index (χ2v) is 6.31. The number of carbonyl (C=O) groups excluding carboxylic acids is 2. The number of rotatable bonds is 7. The summed E-state index contributed by atoms with van der Waals surface area (Å²) in [5.74, 6) is 1.14. The molecule has 0 radical (unpaired) electrons. The van der Waals surface area contributed by atoms with Crippen molar-refractivity contribution < 1.29 is 14.3 Å². The van der Waals surface area contributed by atoms with Crippen molar-refractivity contribution in [3.8, 4) is 11.5 Å². The van der Waals surface area contributed by atoms with Gasteiger partial charge in [-0.05, 0) is 53.6 Å². The molecular weight excluding hydrogens is 364 g/mol. The highest BCUT2D eigenvalue weighted by molar-refractivity contribution is 5.94. The first-order valence-corrected chi connectivity index (χ1v) is 9.24. The van der Waals surface area contributed by atoms with E-state index in [4.69, 9.17) is 4.74 Å². The summed E-state index contributed by atoms with van der Waals surface area (Å²) in [4.78, 5) is 23.6. The van der Waals surface area contributed by atoms with Gasteiger partial charge in [-0.1, -0.05) is 42.5 Å². The number of carbonyl (C=O) groups is 2. The minimum absolute atomic E-state index is 0.142. The molecule has 29 heavy (non-hydrogen) atoms. The van der Waals surface area contributed by atoms with E-state index in [0.717, 1.165) is 22.6 Å². The van der Waals surface area contributed by atoms with Gasteiger partial charge in [0.15, 0.2) is 0 Å². The van der Waals surface area contributed by atoms with Crippen molar-refractivity contribution in [1.82, 2.24) is 10.6 Å². The van der Waals surface area contributed by atoms with Gasteiger partial charge >= 0.3 is 0 Å². The quantitative estimate of drug-likeness (QED) is 0.599. The number of ether oxygens (including phenoxy) is 1. The minimum atomic E-state index is -0.199. The van der Waals surface area contributed by atoms with Crippen LogP contribution in [0.5, 0.6) is 11.5 Å². The fourth-order valence-electron chi connectivity index (χ4n) is 2.65. The summed E-state index contributed by atoms with van der Waals surface area (Å²) in [6.45, 7) is 0.394. The van der Waals surface area contributed by atoms with Gasteiger partial charge in [0.25, 0.3) is 5.91 Å². The molecule has 2 N–H and O–H groups in total. The third-order valence-corrected chi connectivity index (χ3v) is 4.17. The smallest absolute Gasteiger partial charge is 0.251 e. The van der Waals surface area contributed by atoms with Gasteiger partial charge < -0.3 is 15.4 Å². The van der Waals surface area contributed by atoms with Crippen molar-refractivity contribution in [2.24, 2.45) is 0 Å². The van der Waals surface area contributed by atoms with Crippen LogP contribution in [0.15, 0.2) is 84.9 Å². The molecule has 0 saturated heterocycles. The summed E-state index contributed by atoms with van der Waals surface area (Å²) >= 11 is 0. The molecule has 0 aliphatic heterocycles. The molecule has 0 aliphatic carbocycles. The first-order valence-electron chi connectivity index (χ1n) is 9.24. The van der Waals surface area contributed by atoms with Crippen molar-refractivity contribution in [2.75, 3.05) is 7.05 Å². The molecule has 0 aliphatic rings. The van der Waals surface area contributed by atoms with Gasteiger partial charge in [0.2, 0.25) is 5.91 Å². The lowest BCUT2D eigenvalue weighted by Crippen LogP contribution is -2.20. The Kier molecular flexibility index (Phi) is 6.79. The predicted octanol–water partition coefficient (Wildman–Crippen LogP) is 4.17. The topological polar surface area (TPSA) is 67.4 Å². The van der Waals surface area contributed by atoms with Gasteiger partial charge in [-0.2, -0.15) is 0 Å². The van der Waals surface area contributed by atoms with Crippen LogP contribution in [-0.4, -0.2) is 18.9 Å². The SMILES string of the molecule is CNC(=O)c1ccc(/C=C/C(=O)NCc2cccc(Oc3ccccc3)c2)cc1. The van der Waals surface area contributed by atoms with Gasteiger partial charge in [0.05, 0.1) is 0 Å². The number of benzene rings is 3. The molecule has 5 heteroatoms. The fourth-order valence-corrected chi connectivity index (χ4v) is 2.65. The average Bonchev–Trinajstić information content (AvgIpc) is 2.77. The fraction of sp³-hybridized carbons (Fsp3) is 0.0833. The molecule has 3 aromatic carbocycles. The Labute approximate surface area is 170 Å². The lowest BCUT2D eigenvalue weighted by atomic mass is 10.1. The summed E-state index contributed by atoms with van der Waals surface area (Å²) in [6, 6.07) is 24.2. The predicted molar refractivity (Wildman–Crippen MR) is 114 cm³/mol. The van der Waals surface area contributed by atoms with E-state index in [1.165, 1.54) is 6.08 Å². The molecule has 5 nitrogen and oxygen atoms in total. The van der Waals surface area contributed by atoms with Crippen LogP contribution in [0.3, 0.4) is 0 Å². The molecule has 0 atom stereocenters. The Bertz CT molecular complexity index is 996. The number of hydrogen-bond acceptors (Lipinski definition) is 3. The van der Waals surface area contributed by atoms with Gasteiger partial charge in [0, 0.05) is 25.2 Å². The van der Waals surface area contributed by atoms with Crippen LogP contribution in [0.1, 0.15) is 21.5 Å². The van der Waals surface area contributed by atoms with E-state index in [-0.39, 0.29) is 11.8 Å². The van der Waals surface area contributed by atoms with E-state index in [1.54, 1.807) is 37.4 Å². The molecule has 3 rings (SSSR count). The zero-order valence-corrected chi connectivity index (χ0v) is 16.1. The zero-order chi connectivity index (χ0) is 20.5. The molecular formula is C24H22N2O3. The number of para-hydroxylation sites is 1. The largest absolute Gasteiger partial charge is 0.457 e. The van der Waals surface area contributed by atoms with E-state index in [2.05, 4.69) is 10.6 Å². The van der Waals surface area contributed by atoms with Gasteiger partial charge in [-0.25, -0.2) is 0 Å². The Morgan fingerprint density at radius 3 is 2.34 bits per heavy atom. The molecule has 0 heterocycles. The van der Waals surface area contributed by atoms with Crippen molar-refractivity contribution in [3.63, 3.8) is 0 Å². The van der Waals surface area contributed by atoms with Crippen LogP contribution < -0.4 is 15.4 Å². The number of nitrogens with one attached hydrogen (secondary N) is 2. The van der Waals surface area contributed by atoms with E-state index in [0.29, 0.717) is 12.1 Å². The molecule has 0 spiro atoms. The highest BCUT2D eigenvalue weighted by Gasteiger charge is 2.03. The van der Waals surface area contributed by atoms with Crippen LogP contribution in [0.25, 0.3) is 6.08 Å². The number of amides is 2. The third kappa shape index (κ3) is 6.07. The average molecular weight is 386 g/mol. The molecule has 0 saturated carbocycles. The van der Waals surface area contributed by atoms with Crippen LogP contribution in [0.4, 0.5) is 0 Å². The summed E-state index contributed by atoms with van der Waals surface area (Å²) < 4.78 is 5.81. The Balaban J connectivity index is 1.53. The van der Waals surface area contributed by atoms with E-state index in [9.17, 15) is 9.59 Å². The molecule has 3 aromatic rings. The monoisotopic (exact) mass is 386 g/mol. The van der Waals surface area contributed by atoms with Crippen LogP contribution >= 0.6 is 0 Å². The van der Waals surface area contributed by atoms with Gasteiger partial charge in [0.1, 0.15) is 11.5 Å². The van der Waals surface area contributed by atoms with Crippen molar-refractivity contribution in [3.05, 3.63) is 102 Å². The summed E-state index contributed by atoms with van der Waals surface area (Å²) in [6.07, 6.45) is 3.18. The lowest BCUT2D eigenvalue weighted by Gasteiger charge is -2.08. The summed E-state index contributed by atoms with van der Waals surface area (Å²) in [5, 5.41) is 5.42. The maximum atomic E-state index is 12.1. The molecule has 2 amide bonds. The normalized spacial score (nSPS) is 10.5. The van der Waals surface area contributed by atoms with Gasteiger partial charge in [-0.15, -0.1) is 0 Å². The van der Waals surface area contributed by atoms with Crippen molar-refractivity contribution in [2.45, 2.75) is 6.54 Å². The molecule has 0 fully saturated rings. The maximum absolute atomic E-state index is 12.1. The minimum Gasteiger partial charge on any atom is -0.457 e. The zero-order valence-electron chi connectivity index (χ0n) is 16.1. The second-order valence-electron chi connectivity index (χ2n) is 6.31. The van der Waals surface area contributed by atoms with E-state index < -0.39 is 0 Å². The second kappa shape index (κ2) is 9.90. The van der Waals surface area contributed by atoms with Crippen LogP contribution in [0.2, 0.25) is 0 Å². The highest BCUT2D eigenvalue weighted by Crippen LogP contribution is 2.21. The lowest BCUT2D eigenvalue weighted by molar-refractivity contribution is -0.116. The van der Waals surface area contributed by atoms with Crippen molar-refractivity contribution in [1.29, 1.82) is 0 Å². The Morgan fingerprint density at radius 1 is 0.897 bits per heavy atom. The Hall–Kier alpha value is -3.86. The third-order valence-electron chi connectivity index (χ3n) is 4.17. The van der Waals surface area contributed by atoms with Crippen LogP contribution in [0, 0.1) is 0 Å². The maximum Gasteiger partial charge on any atom is 0.251 e. The molecule has 146 valence electrons. The van der Waals surface area contributed by atoms with E-state index in [1.807, 2.05) is 54.6 Å². The molecule has 0 aromatic heterocycles. The summed E-state index contributed by atoms with van der Waals surface area (Å²) in [5.41, 5.74) is 2.35. The first-order chi connectivity index (χ1) is 14.1. The highest BCUT2D eigenvalue weighted by atomic mass is 16.5.